The van der Waals surface area contributed by atoms with Crippen molar-refractivity contribution in [3.8, 4) is 39.1 Å². The van der Waals surface area contributed by atoms with E-state index in [0.717, 1.165) is 44.3 Å². The molecule has 0 spiro atoms. The Balaban J connectivity index is 1.12. The van der Waals surface area contributed by atoms with E-state index in [1.807, 2.05) is 0 Å². The van der Waals surface area contributed by atoms with Crippen molar-refractivity contribution in [1.82, 2.24) is 4.57 Å². The summed E-state index contributed by atoms with van der Waals surface area (Å²) in [4.78, 5) is 0. The van der Waals surface area contributed by atoms with Crippen LogP contribution in [0.2, 0.25) is 0 Å². The zero-order chi connectivity index (χ0) is 37.5. The third-order valence-electron chi connectivity index (χ3n) is 12.3. The fourth-order valence-electron chi connectivity index (χ4n) is 9.83. The smallest absolute Gasteiger partial charge is 0.143 e. The third-order valence-corrected chi connectivity index (χ3v) is 12.3. The van der Waals surface area contributed by atoms with E-state index in [2.05, 4.69) is 217 Å². The second kappa shape index (κ2) is 12.3. The first-order chi connectivity index (χ1) is 28.3. The molecular formula is C55H35NO. The molecule has 0 amide bonds. The molecule has 0 bridgehead atoms. The van der Waals surface area contributed by atoms with Gasteiger partial charge in [0.2, 0.25) is 0 Å². The Hall–Kier alpha value is -7.42. The maximum atomic E-state index is 6.81. The zero-order valence-electron chi connectivity index (χ0n) is 31.1. The predicted molar refractivity (Wildman–Crippen MR) is 236 cm³/mol. The van der Waals surface area contributed by atoms with Gasteiger partial charge in [-0.3, -0.25) is 0 Å². The molecule has 0 saturated heterocycles. The van der Waals surface area contributed by atoms with Gasteiger partial charge in [-0.05, 0) is 105 Å². The summed E-state index contributed by atoms with van der Waals surface area (Å²) in [5.74, 6) is 0. The molecule has 0 aliphatic heterocycles. The van der Waals surface area contributed by atoms with E-state index in [4.69, 9.17) is 4.42 Å². The van der Waals surface area contributed by atoms with Gasteiger partial charge in [0.1, 0.15) is 11.2 Å². The second-order valence-corrected chi connectivity index (χ2v) is 15.2. The van der Waals surface area contributed by atoms with Crippen LogP contribution in [-0.4, -0.2) is 4.57 Å². The average molecular weight is 726 g/mol. The van der Waals surface area contributed by atoms with Crippen molar-refractivity contribution in [2.24, 2.45) is 0 Å². The van der Waals surface area contributed by atoms with Crippen LogP contribution in [0.25, 0.3) is 82.8 Å². The fraction of sp³-hybridized carbons (Fsp3) is 0.0182. The monoisotopic (exact) mass is 725 g/mol. The normalized spacial score (nSPS) is 13.1. The highest BCUT2D eigenvalue weighted by atomic mass is 16.3. The van der Waals surface area contributed by atoms with E-state index in [-0.39, 0.29) is 0 Å². The minimum Gasteiger partial charge on any atom is -0.455 e. The van der Waals surface area contributed by atoms with Crippen LogP contribution in [0.1, 0.15) is 22.3 Å². The lowest BCUT2D eigenvalue weighted by Crippen LogP contribution is -2.28. The van der Waals surface area contributed by atoms with Crippen molar-refractivity contribution in [2.75, 3.05) is 0 Å². The number of furan rings is 1. The lowest BCUT2D eigenvalue weighted by Gasteiger charge is -2.34. The third kappa shape index (κ3) is 4.59. The molecular weight excluding hydrogens is 691 g/mol. The van der Waals surface area contributed by atoms with Crippen LogP contribution >= 0.6 is 0 Å². The standard InChI is InChI=1S/C55H35NO/c1-4-16-39(17-5-1)55(40-18-6-2-7-19-40)49-25-13-10-22-42(49)43-30-28-37(35-50(43)55)46-33-38(34-48-45-24-12-15-27-53(45)57-54(46)48)36-29-31-52-47(32-36)44-23-11-14-26-51(44)56(52)41-20-8-3-9-21-41/h1-35H. The van der Waals surface area contributed by atoms with Crippen LogP contribution < -0.4 is 0 Å². The molecule has 266 valence electrons. The van der Waals surface area contributed by atoms with E-state index >= 15 is 0 Å². The average Bonchev–Trinajstić information content (AvgIpc) is 3.93. The van der Waals surface area contributed by atoms with E-state index < -0.39 is 5.41 Å². The highest BCUT2D eigenvalue weighted by Gasteiger charge is 2.46. The molecule has 0 fully saturated rings. The highest BCUT2D eigenvalue weighted by Crippen LogP contribution is 2.57. The van der Waals surface area contributed by atoms with Gasteiger partial charge in [-0.1, -0.05) is 158 Å². The van der Waals surface area contributed by atoms with Crippen molar-refractivity contribution in [3.05, 3.63) is 235 Å². The van der Waals surface area contributed by atoms with Gasteiger partial charge in [0, 0.05) is 32.8 Å². The van der Waals surface area contributed by atoms with Crippen molar-refractivity contribution in [2.45, 2.75) is 5.41 Å². The first-order valence-electron chi connectivity index (χ1n) is 19.7. The molecule has 11 aromatic rings. The van der Waals surface area contributed by atoms with E-state index in [9.17, 15) is 0 Å². The molecule has 2 heterocycles. The number of aromatic nitrogens is 1. The number of rotatable bonds is 5. The lowest BCUT2D eigenvalue weighted by molar-refractivity contribution is 0.670. The molecule has 1 aliphatic carbocycles. The first kappa shape index (κ1) is 31.9. The summed E-state index contributed by atoms with van der Waals surface area (Å²) in [7, 11) is 0. The lowest BCUT2D eigenvalue weighted by atomic mass is 9.67. The number of benzene rings is 9. The molecule has 0 N–H and O–H groups in total. The molecule has 2 nitrogen and oxygen atoms in total. The largest absolute Gasteiger partial charge is 0.455 e. The SMILES string of the molecule is c1ccc(-n2c3ccccc3c3cc(-c4cc(-c5ccc6c(c5)C(c5ccccc5)(c5ccccc5)c5ccccc5-6)c5oc6ccccc6c5c4)ccc32)cc1. The summed E-state index contributed by atoms with van der Waals surface area (Å²) in [6.07, 6.45) is 0. The fourth-order valence-corrected chi connectivity index (χ4v) is 9.83. The number of hydrogen-bond acceptors (Lipinski definition) is 1. The summed E-state index contributed by atoms with van der Waals surface area (Å²) in [6, 6.07) is 77.5. The van der Waals surface area contributed by atoms with Gasteiger partial charge in [0.15, 0.2) is 0 Å². The van der Waals surface area contributed by atoms with Crippen molar-refractivity contribution in [1.29, 1.82) is 0 Å². The van der Waals surface area contributed by atoms with Gasteiger partial charge in [0.25, 0.3) is 0 Å². The minimum absolute atomic E-state index is 0.493. The molecule has 1 aliphatic rings. The molecule has 0 atom stereocenters. The molecule has 0 unspecified atom stereocenters. The van der Waals surface area contributed by atoms with E-state index in [0.29, 0.717) is 0 Å². The van der Waals surface area contributed by atoms with Gasteiger partial charge in [0.05, 0.1) is 16.4 Å². The van der Waals surface area contributed by atoms with Crippen LogP contribution in [0.5, 0.6) is 0 Å². The zero-order valence-corrected chi connectivity index (χ0v) is 31.1. The Bertz CT molecular complexity index is 3300. The summed E-state index contributed by atoms with van der Waals surface area (Å²) >= 11 is 0. The van der Waals surface area contributed by atoms with Gasteiger partial charge >= 0.3 is 0 Å². The Kier molecular flexibility index (Phi) is 6.88. The first-order valence-corrected chi connectivity index (χ1v) is 19.7. The number of para-hydroxylation sites is 3. The summed E-state index contributed by atoms with van der Waals surface area (Å²) in [6.45, 7) is 0. The van der Waals surface area contributed by atoms with Crippen LogP contribution in [0, 0.1) is 0 Å². The highest BCUT2D eigenvalue weighted by molar-refractivity contribution is 6.13. The van der Waals surface area contributed by atoms with Crippen molar-refractivity contribution < 1.29 is 4.42 Å². The van der Waals surface area contributed by atoms with Crippen LogP contribution in [0.15, 0.2) is 217 Å². The van der Waals surface area contributed by atoms with Gasteiger partial charge in [-0.25, -0.2) is 0 Å². The summed E-state index contributed by atoms with van der Waals surface area (Å²) < 4.78 is 9.18. The van der Waals surface area contributed by atoms with E-state index in [1.165, 1.54) is 60.8 Å². The molecule has 12 rings (SSSR count). The quantitative estimate of drug-likeness (QED) is 0.173. The number of fused-ring (bicyclic) bond motifs is 9. The Morgan fingerprint density at radius 2 is 0.947 bits per heavy atom. The van der Waals surface area contributed by atoms with Gasteiger partial charge in [-0.15, -0.1) is 0 Å². The molecule has 2 heteroatoms. The molecule has 0 radical (unpaired) electrons. The molecule has 0 saturated carbocycles. The molecule has 2 aromatic heterocycles. The maximum absolute atomic E-state index is 6.81. The van der Waals surface area contributed by atoms with Gasteiger partial charge < -0.3 is 8.98 Å². The Morgan fingerprint density at radius 1 is 0.351 bits per heavy atom. The van der Waals surface area contributed by atoms with Crippen molar-refractivity contribution in [3.63, 3.8) is 0 Å². The van der Waals surface area contributed by atoms with Crippen molar-refractivity contribution >= 4 is 43.7 Å². The maximum Gasteiger partial charge on any atom is 0.143 e. The molecule has 57 heavy (non-hydrogen) atoms. The van der Waals surface area contributed by atoms with Crippen LogP contribution in [0.4, 0.5) is 0 Å². The van der Waals surface area contributed by atoms with E-state index in [1.54, 1.807) is 0 Å². The summed E-state index contributed by atoms with van der Waals surface area (Å²) in [5, 5.41) is 4.71. The van der Waals surface area contributed by atoms with Gasteiger partial charge in [-0.2, -0.15) is 0 Å². The predicted octanol–water partition coefficient (Wildman–Crippen LogP) is 14.4. The van der Waals surface area contributed by atoms with Crippen LogP contribution in [0.3, 0.4) is 0 Å². The Morgan fingerprint density at radius 3 is 1.74 bits per heavy atom. The van der Waals surface area contributed by atoms with Crippen LogP contribution in [-0.2, 0) is 5.41 Å². The second-order valence-electron chi connectivity index (χ2n) is 15.2. The number of nitrogens with zero attached hydrogens (tertiary/aromatic N) is 1. The molecule has 9 aromatic carbocycles. The Labute approximate surface area is 330 Å². The minimum atomic E-state index is -0.493. The summed E-state index contributed by atoms with van der Waals surface area (Å²) in [5.41, 5.74) is 17.0. The number of hydrogen-bond donors (Lipinski definition) is 0. The topological polar surface area (TPSA) is 18.1 Å².